The molecule has 18 heavy (non-hydrogen) atoms. The van der Waals surface area contributed by atoms with Crippen molar-refractivity contribution >= 4 is 11.3 Å². The van der Waals surface area contributed by atoms with Gasteiger partial charge in [0.15, 0.2) is 0 Å². The first-order valence-electron chi connectivity index (χ1n) is 6.60. The van der Waals surface area contributed by atoms with Gasteiger partial charge in [0.05, 0.1) is 0 Å². The van der Waals surface area contributed by atoms with Gasteiger partial charge in [0, 0.05) is 28.4 Å². The first-order valence-corrected chi connectivity index (χ1v) is 7.48. The van der Waals surface area contributed by atoms with Gasteiger partial charge in [0.2, 0.25) is 0 Å². The number of piperidine rings is 1. The van der Waals surface area contributed by atoms with Gasteiger partial charge < -0.3 is 5.11 Å². The number of likely N-dealkylation sites (tertiary alicyclic amines) is 1. The Bertz CT molecular complexity index is 443. The van der Waals surface area contributed by atoms with Crippen LogP contribution in [0.15, 0.2) is 11.4 Å². The molecule has 1 saturated heterocycles. The van der Waals surface area contributed by atoms with Crippen LogP contribution < -0.4 is 0 Å². The van der Waals surface area contributed by atoms with Crippen molar-refractivity contribution in [1.82, 2.24) is 4.90 Å². The maximum Gasteiger partial charge on any atom is 0.104 e. The maximum absolute atomic E-state index is 8.68. The Kier molecular flexibility index (Phi) is 4.82. The van der Waals surface area contributed by atoms with E-state index in [9.17, 15) is 0 Å². The smallest absolute Gasteiger partial charge is 0.104 e. The Hall–Kier alpha value is -0.820. The van der Waals surface area contributed by atoms with Crippen LogP contribution in [0.1, 0.15) is 37.1 Å². The largest absolute Gasteiger partial charge is 0.384 e. The van der Waals surface area contributed by atoms with Gasteiger partial charge in [-0.3, -0.25) is 4.90 Å². The van der Waals surface area contributed by atoms with Gasteiger partial charge in [-0.2, -0.15) is 0 Å². The molecule has 1 aliphatic heterocycles. The summed E-state index contributed by atoms with van der Waals surface area (Å²) >= 11 is 1.77. The van der Waals surface area contributed by atoms with E-state index in [1.807, 2.05) is 0 Å². The van der Waals surface area contributed by atoms with E-state index in [2.05, 4.69) is 42.0 Å². The highest BCUT2D eigenvalue weighted by Gasteiger charge is 2.22. The van der Waals surface area contributed by atoms with Gasteiger partial charge in [-0.05, 0) is 38.3 Å². The predicted molar refractivity (Wildman–Crippen MR) is 76.6 cm³/mol. The molecule has 2 atom stereocenters. The average molecular weight is 263 g/mol. The molecular weight excluding hydrogens is 242 g/mol. The first-order chi connectivity index (χ1) is 8.69. The van der Waals surface area contributed by atoms with Gasteiger partial charge in [-0.1, -0.05) is 18.8 Å². The Morgan fingerprint density at radius 1 is 1.50 bits per heavy atom. The molecule has 2 heterocycles. The molecule has 3 heteroatoms. The highest BCUT2D eigenvalue weighted by molar-refractivity contribution is 7.10. The molecule has 1 fully saturated rings. The number of aliphatic hydroxyl groups excluding tert-OH is 1. The van der Waals surface area contributed by atoms with E-state index in [0.717, 1.165) is 18.0 Å². The van der Waals surface area contributed by atoms with Crippen molar-refractivity contribution in [3.05, 3.63) is 21.9 Å². The van der Waals surface area contributed by atoms with Crippen LogP contribution in [0, 0.1) is 17.8 Å². The molecule has 1 aromatic rings. The second kappa shape index (κ2) is 6.38. The summed E-state index contributed by atoms with van der Waals surface area (Å²) in [7, 11) is 0. The fourth-order valence-corrected chi connectivity index (χ4v) is 3.40. The molecule has 98 valence electrons. The Labute approximate surface area is 114 Å². The van der Waals surface area contributed by atoms with E-state index in [1.54, 1.807) is 11.3 Å². The number of rotatable bonds is 2. The number of hydrogen-bond acceptors (Lipinski definition) is 3. The molecule has 0 amide bonds. The first kappa shape index (κ1) is 13.6. The van der Waals surface area contributed by atoms with Crippen LogP contribution in [-0.4, -0.2) is 29.2 Å². The van der Waals surface area contributed by atoms with Gasteiger partial charge >= 0.3 is 0 Å². The molecule has 1 aliphatic rings. The minimum atomic E-state index is -0.0633. The zero-order valence-electron chi connectivity index (χ0n) is 11.1. The summed E-state index contributed by atoms with van der Waals surface area (Å²) in [5.41, 5.74) is 1.03. The van der Waals surface area contributed by atoms with Crippen LogP contribution >= 0.6 is 11.3 Å². The molecule has 0 radical (unpaired) electrons. The third kappa shape index (κ3) is 3.58. The molecule has 2 nitrogen and oxygen atoms in total. The van der Waals surface area contributed by atoms with Crippen LogP contribution in [0.4, 0.5) is 0 Å². The standard InChI is InChI=1S/C15H21NOS/c1-12-5-6-16(13(2)8-12)10-15-9-14(11-18-15)4-3-7-17/h9,11-13,17H,5-8,10H2,1-2H3. The lowest BCUT2D eigenvalue weighted by atomic mass is 9.93. The predicted octanol–water partition coefficient (Wildman–Crippen LogP) is 2.71. The van der Waals surface area contributed by atoms with Gasteiger partial charge in [-0.25, -0.2) is 0 Å². The Balaban J connectivity index is 1.95. The zero-order valence-corrected chi connectivity index (χ0v) is 12.0. The number of aliphatic hydroxyl groups is 1. The van der Waals surface area contributed by atoms with Crippen LogP contribution in [0.3, 0.4) is 0 Å². The SMILES string of the molecule is CC1CCN(Cc2cc(C#CCO)cs2)C(C)C1. The maximum atomic E-state index is 8.68. The Morgan fingerprint density at radius 3 is 3.06 bits per heavy atom. The molecule has 0 saturated carbocycles. The molecule has 2 rings (SSSR count). The number of hydrogen-bond donors (Lipinski definition) is 1. The van der Waals surface area contributed by atoms with Crippen molar-refractivity contribution in [1.29, 1.82) is 0 Å². The molecule has 0 aromatic carbocycles. The number of thiophene rings is 1. The summed E-state index contributed by atoms with van der Waals surface area (Å²) < 4.78 is 0. The summed E-state index contributed by atoms with van der Waals surface area (Å²) in [4.78, 5) is 3.94. The highest BCUT2D eigenvalue weighted by Crippen LogP contribution is 2.25. The second-order valence-corrected chi connectivity index (χ2v) is 6.21. The second-order valence-electron chi connectivity index (χ2n) is 5.21. The lowest BCUT2D eigenvalue weighted by molar-refractivity contribution is 0.123. The van der Waals surface area contributed by atoms with Crippen molar-refractivity contribution in [2.24, 2.45) is 5.92 Å². The topological polar surface area (TPSA) is 23.5 Å². The Morgan fingerprint density at radius 2 is 2.33 bits per heavy atom. The fraction of sp³-hybridized carbons (Fsp3) is 0.600. The molecule has 1 N–H and O–H groups in total. The van der Waals surface area contributed by atoms with Crippen molar-refractivity contribution in [3.8, 4) is 11.8 Å². The average Bonchev–Trinajstić information content (AvgIpc) is 2.78. The number of nitrogens with zero attached hydrogens (tertiary/aromatic N) is 1. The van der Waals surface area contributed by atoms with Gasteiger partial charge in [0.25, 0.3) is 0 Å². The summed E-state index contributed by atoms with van der Waals surface area (Å²) in [6.45, 7) is 6.86. The molecular formula is C15H21NOS. The van der Waals surface area contributed by atoms with Crippen molar-refractivity contribution < 1.29 is 5.11 Å². The molecule has 1 aromatic heterocycles. The quantitative estimate of drug-likeness (QED) is 0.829. The molecule has 0 bridgehead atoms. The zero-order chi connectivity index (χ0) is 13.0. The third-order valence-corrected chi connectivity index (χ3v) is 4.52. The molecule has 0 aliphatic carbocycles. The summed E-state index contributed by atoms with van der Waals surface area (Å²) in [6, 6.07) is 2.83. The minimum Gasteiger partial charge on any atom is -0.384 e. The van der Waals surface area contributed by atoms with Crippen molar-refractivity contribution in [2.45, 2.75) is 39.3 Å². The molecule has 2 unspecified atom stereocenters. The lowest BCUT2D eigenvalue weighted by Gasteiger charge is -2.36. The summed E-state index contributed by atoms with van der Waals surface area (Å²) in [6.07, 6.45) is 2.62. The normalized spacial score (nSPS) is 24.6. The van der Waals surface area contributed by atoms with Crippen LogP contribution in [0.25, 0.3) is 0 Å². The monoisotopic (exact) mass is 263 g/mol. The molecule has 0 spiro atoms. The van der Waals surface area contributed by atoms with Gasteiger partial charge in [0.1, 0.15) is 6.61 Å². The van der Waals surface area contributed by atoms with Crippen LogP contribution in [0.2, 0.25) is 0 Å². The summed E-state index contributed by atoms with van der Waals surface area (Å²) in [5, 5.41) is 10.8. The van der Waals surface area contributed by atoms with E-state index in [4.69, 9.17) is 5.11 Å². The van der Waals surface area contributed by atoms with Crippen molar-refractivity contribution in [3.63, 3.8) is 0 Å². The van der Waals surface area contributed by atoms with E-state index in [0.29, 0.717) is 6.04 Å². The fourth-order valence-electron chi connectivity index (χ4n) is 2.56. The van der Waals surface area contributed by atoms with E-state index in [-0.39, 0.29) is 6.61 Å². The summed E-state index contributed by atoms with van der Waals surface area (Å²) in [5.74, 6) is 6.52. The van der Waals surface area contributed by atoms with Crippen LogP contribution in [0.5, 0.6) is 0 Å². The van der Waals surface area contributed by atoms with E-state index in [1.165, 1.54) is 24.3 Å². The van der Waals surface area contributed by atoms with E-state index >= 15 is 0 Å². The highest BCUT2D eigenvalue weighted by atomic mass is 32.1. The van der Waals surface area contributed by atoms with Gasteiger partial charge in [-0.15, -0.1) is 11.3 Å². The van der Waals surface area contributed by atoms with E-state index < -0.39 is 0 Å². The van der Waals surface area contributed by atoms with Crippen molar-refractivity contribution in [2.75, 3.05) is 13.2 Å². The minimum absolute atomic E-state index is 0.0633. The van der Waals surface area contributed by atoms with Crippen LogP contribution in [-0.2, 0) is 6.54 Å². The third-order valence-electron chi connectivity index (χ3n) is 3.60. The lowest BCUT2D eigenvalue weighted by Crippen LogP contribution is -2.39.